The Balaban J connectivity index is 2.05. The van der Waals surface area contributed by atoms with E-state index in [9.17, 15) is 4.79 Å². The molecule has 0 atom stereocenters. The molecule has 0 N–H and O–H groups in total. The van der Waals surface area contributed by atoms with Crippen LogP contribution in [0.25, 0.3) is 10.9 Å². The van der Waals surface area contributed by atoms with Gasteiger partial charge in [-0.2, -0.15) is 0 Å². The lowest BCUT2D eigenvalue weighted by Gasteiger charge is -2.06. The van der Waals surface area contributed by atoms with E-state index in [0.29, 0.717) is 18.6 Å². The van der Waals surface area contributed by atoms with Crippen LogP contribution < -0.4 is 4.74 Å². The molecule has 2 aromatic rings. The first-order valence-corrected chi connectivity index (χ1v) is 6.49. The number of fused-ring (bicyclic) bond motifs is 1. The molecule has 0 saturated carbocycles. The van der Waals surface area contributed by atoms with Crippen LogP contribution in [0.15, 0.2) is 48.2 Å². The van der Waals surface area contributed by atoms with E-state index in [2.05, 4.69) is 4.98 Å². The van der Waals surface area contributed by atoms with Gasteiger partial charge in [0.05, 0.1) is 12.6 Å². The SMILES string of the molecule is CC/C(=C/COc1ccc2cccnc2c1)C(=O)OC. The van der Waals surface area contributed by atoms with Gasteiger partial charge in [-0.1, -0.05) is 13.0 Å². The number of carbonyl (C=O) groups is 1. The van der Waals surface area contributed by atoms with Crippen molar-refractivity contribution in [3.63, 3.8) is 0 Å². The number of hydrogen-bond acceptors (Lipinski definition) is 4. The van der Waals surface area contributed by atoms with E-state index >= 15 is 0 Å². The molecule has 0 spiro atoms. The summed E-state index contributed by atoms with van der Waals surface area (Å²) in [6.07, 6.45) is 4.11. The Labute approximate surface area is 118 Å². The van der Waals surface area contributed by atoms with Crippen LogP contribution in [0, 0.1) is 0 Å². The fourth-order valence-electron chi connectivity index (χ4n) is 1.88. The van der Waals surface area contributed by atoms with Gasteiger partial charge in [0.25, 0.3) is 0 Å². The number of nitrogens with zero attached hydrogens (tertiary/aromatic N) is 1. The Morgan fingerprint density at radius 2 is 2.20 bits per heavy atom. The summed E-state index contributed by atoms with van der Waals surface area (Å²) in [6, 6.07) is 9.63. The molecule has 4 heteroatoms. The van der Waals surface area contributed by atoms with Gasteiger partial charge in [0.2, 0.25) is 0 Å². The molecule has 1 heterocycles. The summed E-state index contributed by atoms with van der Waals surface area (Å²) in [7, 11) is 1.38. The minimum atomic E-state index is -0.309. The lowest BCUT2D eigenvalue weighted by molar-refractivity contribution is -0.136. The molecule has 2 rings (SSSR count). The van der Waals surface area contributed by atoms with Gasteiger partial charge in [0, 0.05) is 23.2 Å². The summed E-state index contributed by atoms with van der Waals surface area (Å²) >= 11 is 0. The van der Waals surface area contributed by atoms with Gasteiger partial charge in [-0.05, 0) is 30.7 Å². The second kappa shape index (κ2) is 6.70. The summed E-state index contributed by atoms with van der Waals surface area (Å²) in [5.74, 6) is 0.420. The first-order valence-electron chi connectivity index (χ1n) is 6.49. The van der Waals surface area contributed by atoms with Crippen molar-refractivity contribution in [3.05, 3.63) is 48.2 Å². The Kier molecular flexibility index (Phi) is 4.71. The third-order valence-electron chi connectivity index (χ3n) is 2.99. The molecule has 0 bridgehead atoms. The van der Waals surface area contributed by atoms with E-state index in [1.807, 2.05) is 37.3 Å². The molecule has 0 aliphatic heterocycles. The van der Waals surface area contributed by atoms with Gasteiger partial charge in [0.1, 0.15) is 12.4 Å². The van der Waals surface area contributed by atoms with Crippen LogP contribution >= 0.6 is 0 Å². The third-order valence-corrected chi connectivity index (χ3v) is 2.99. The van der Waals surface area contributed by atoms with Crippen molar-refractivity contribution in [3.8, 4) is 5.75 Å². The number of rotatable bonds is 5. The smallest absolute Gasteiger partial charge is 0.333 e. The average Bonchev–Trinajstić information content (AvgIpc) is 2.50. The van der Waals surface area contributed by atoms with Crippen LogP contribution in [0.1, 0.15) is 13.3 Å². The predicted molar refractivity (Wildman–Crippen MR) is 77.6 cm³/mol. The van der Waals surface area contributed by atoms with Crippen LogP contribution in [-0.4, -0.2) is 24.7 Å². The topological polar surface area (TPSA) is 48.4 Å². The fourth-order valence-corrected chi connectivity index (χ4v) is 1.88. The Morgan fingerprint density at radius 1 is 1.35 bits per heavy atom. The lowest BCUT2D eigenvalue weighted by Crippen LogP contribution is -2.06. The molecule has 0 aliphatic rings. The predicted octanol–water partition coefficient (Wildman–Crippen LogP) is 3.12. The van der Waals surface area contributed by atoms with Crippen molar-refractivity contribution in [1.82, 2.24) is 4.98 Å². The zero-order valence-electron chi connectivity index (χ0n) is 11.6. The highest BCUT2D eigenvalue weighted by Crippen LogP contribution is 2.18. The second-order valence-corrected chi connectivity index (χ2v) is 4.24. The first kappa shape index (κ1) is 14.1. The molecule has 104 valence electrons. The Hall–Kier alpha value is -2.36. The summed E-state index contributed by atoms with van der Waals surface area (Å²) < 4.78 is 10.3. The highest BCUT2D eigenvalue weighted by molar-refractivity contribution is 5.88. The van der Waals surface area contributed by atoms with E-state index in [1.54, 1.807) is 12.3 Å². The van der Waals surface area contributed by atoms with Gasteiger partial charge in [-0.3, -0.25) is 4.98 Å². The minimum Gasteiger partial charge on any atom is -0.489 e. The summed E-state index contributed by atoms with van der Waals surface area (Å²) in [5, 5.41) is 1.07. The molecule has 0 saturated heterocycles. The van der Waals surface area contributed by atoms with Crippen LogP contribution in [0.3, 0.4) is 0 Å². The van der Waals surface area contributed by atoms with Crippen LogP contribution in [0.4, 0.5) is 0 Å². The molecule has 0 aliphatic carbocycles. The molecule has 0 radical (unpaired) electrons. The van der Waals surface area contributed by atoms with Crippen molar-refractivity contribution in [2.45, 2.75) is 13.3 Å². The first-order chi connectivity index (χ1) is 9.74. The highest BCUT2D eigenvalue weighted by atomic mass is 16.5. The summed E-state index contributed by atoms with van der Waals surface area (Å²) in [6.45, 7) is 2.24. The van der Waals surface area contributed by atoms with E-state index in [1.165, 1.54) is 7.11 Å². The van der Waals surface area contributed by atoms with Crippen molar-refractivity contribution in [2.75, 3.05) is 13.7 Å². The number of hydrogen-bond donors (Lipinski definition) is 0. The zero-order chi connectivity index (χ0) is 14.4. The number of carbonyl (C=O) groups excluding carboxylic acids is 1. The molecule has 0 amide bonds. The highest BCUT2D eigenvalue weighted by Gasteiger charge is 2.06. The van der Waals surface area contributed by atoms with Crippen LogP contribution in [0.5, 0.6) is 5.75 Å². The van der Waals surface area contributed by atoms with Gasteiger partial charge in [-0.25, -0.2) is 4.79 Å². The van der Waals surface area contributed by atoms with E-state index in [0.717, 1.165) is 16.7 Å². The number of ether oxygens (including phenoxy) is 2. The average molecular weight is 271 g/mol. The van der Waals surface area contributed by atoms with Crippen molar-refractivity contribution < 1.29 is 14.3 Å². The van der Waals surface area contributed by atoms with Gasteiger partial charge >= 0.3 is 5.97 Å². The molecular formula is C16H17NO3. The summed E-state index contributed by atoms with van der Waals surface area (Å²) in [4.78, 5) is 15.7. The molecule has 0 unspecified atom stereocenters. The normalized spacial score (nSPS) is 11.4. The number of benzene rings is 1. The van der Waals surface area contributed by atoms with E-state index in [-0.39, 0.29) is 5.97 Å². The molecule has 1 aromatic carbocycles. The van der Waals surface area contributed by atoms with Gasteiger partial charge in [-0.15, -0.1) is 0 Å². The minimum absolute atomic E-state index is 0.309. The van der Waals surface area contributed by atoms with Crippen molar-refractivity contribution >= 4 is 16.9 Å². The monoisotopic (exact) mass is 271 g/mol. The molecule has 0 fully saturated rings. The Bertz CT molecular complexity index is 634. The maximum absolute atomic E-state index is 11.4. The zero-order valence-corrected chi connectivity index (χ0v) is 11.6. The van der Waals surface area contributed by atoms with Gasteiger partial charge in [0.15, 0.2) is 0 Å². The van der Waals surface area contributed by atoms with E-state index in [4.69, 9.17) is 9.47 Å². The number of esters is 1. The molecule has 4 nitrogen and oxygen atoms in total. The molecular weight excluding hydrogens is 254 g/mol. The third kappa shape index (κ3) is 3.35. The second-order valence-electron chi connectivity index (χ2n) is 4.24. The van der Waals surface area contributed by atoms with Crippen LogP contribution in [0.2, 0.25) is 0 Å². The van der Waals surface area contributed by atoms with Crippen LogP contribution in [-0.2, 0) is 9.53 Å². The van der Waals surface area contributed by atoms with Crippen molar-refractivity contribution in [1.29, 1.82) is 0 Å². The summed E-state index contributed by atoms with van der Waals surface area (Å²) in [5.41, 5.74) is 1.50. The molecule has 1 aromatic heterocycles. The van der Waals surface area contributed by atoms with E-state index < -0.39 is 0 Å². The fraction of sp³-hybridized carbons (Fsp3) is 0.250. The largest absolute Gasteiger partial charge is 0.489 e. The Morgan fingerprint density at radius 3 is 2.95 bits per heavy atom. The standard InChI is InChI=1S/C16H17NO3/c1-3-12(16(18)19-2)8-10-20-14-7-6-13-5-4-9-17-15(13)11-14/h4-9,11H,3,10H2,1-2H3/b12-8-. The number of methoxy groups -OCH3 is 1. The van der Waals surface area contributed by atoms with Gasteiger partial charge < -0.3 is 9.47 Å². The molecule has 20 heavy (non-hydrogen) atoms. The number of pyridine rings is 1. The quantitative estimate of drug-likeness (QED) is 0.619. The lowest BCUT2D eigenvalue weighted by atomic mass is 10.2. The maximum Gasteiger partial charge on any atom is 0.333 e. The maximum atomic E-state index is 11.4. The van der Waals surface area contributed by atoms with Crippen molar-refractivity contribution in [2.24, 2.45) is 0 Å². The number of aromatic nitrogens is 1.